The molecule has 136 valence electrons. The quantitative estimate of drug-likeness (QED) is 0.468. The van der Waals surface area contributed by atoms with E-state index in [0.717, 1.165) is 10.5 Å². The zero-order chi connectivity index (χ0) is 18.4. The smallest absolute Gasteiger partial charge is 0.353 e. The molecule has 1 N–H and O–H groups in total. The van der Waals surface area contributed by atoms with Gasteiger partial charge in [0.2, 0.25) is 0 Å². The molecule has 0 amide bonds. The van der Waals surface area contributed by atoms with Crippen molar-refractivity contribution in [3.8, 4) is 0 Å². The predicted octanol–water partition coefficient (Wildman–Crippen LogP) is 5.38. The van der Waals surface area contributed by atoms with Gasteiger partial charge in [0.05, 0.1) is 27.4 Å². The molecule has 0 aliphatic heterocycles. The third-order valence-electron chi connectivity index (χ3n) is 3.72. The van der Waals surface area contributed by atoms with Crippen LogP contribution in [-0.2, 0) is 13.6 Å². The number of hydrogen-bond acceptors (Lipinski definition) is 4. The first-order valence-corrected chi connectivity index (χ1v) is 13.5. The number of rotatable bonds is 9. The Morgan fingerprint density at radius 1 is 1.17 bits per heavy atom. The standard InChI is InChI=1S/C18H31O4PSi/c1-7-21-23(20,22-8-2)17(24(4,5)6)14-15(3)18(19)16-12-10-9-11-13-16/h9-15,18-19H,7-8H2,1-6H3/b17-14+/t15-,18-/m1/s1. The first kappa shape index (κ1) is 21.3. The molecule has 1 aromatic rings. The molecule has 0 fully saturated rings. The van der Waals surface area contributed by atoms with E-state index in [1.54, 1.807) is 0 Å². The van der Waals surface area contributed by atoms with E-state index in [0.29, 0.717) is 13.2 Å². The van der Waals surface area contributed by atoms with Crippen LogP contribution in [0, 0.1) is 5.92 Å². The lowest BCUT2D eigenvalue weighted by Crippen LogP contribution is -2.26. The van der Waals surface area contributed by atoms with Crippen molar-refractivity contribution in [1.82, 2.24) is 0 Å². The van der Waals surface area contributed by atoms with Gasteiger partial charge in [0.25, 0.3) is 0 Å². The van der Waals surface area contributed by atoms with E-state index in [9.17, 15) is 9.67 Å². The minimum absolute atomic E-state index is 0.191. The van der Waals surface area contributed by atoms with Gasteiger partial charge >= 0.3 is 7.60 Å². The van der Waals surface area contributed by atoms with Gasteiger partial charge in [-0.15, -0.1) is 0 Å². The van der Waals surface area contributed by atoms with Gasteiger partial charge in [-0.2, -0.15) is 0 Å². The number of benzene rings is 1. The van der Waals surface area contributed by atoms with Gasteiger partial charge in [-0.05, 0) is 19.4 Å². The summed E-state index contributed by atoms with van der Waals surface area (Å²) >= 11 is 0. The number of hydrogen-bond donors (Lipinski definition) is 1. The van der Waals surface area contributed by atoms with Crippen LogP contribution >= 0.6 is 7.60 Å². The molecule has 6 heteroatoms. The molecule has 0 aliphatic carbocycles. The molecule has 0 unspecified atom stereocenters. The van der Waals surface area contributed by atoms with Crippen LogP contribution in [0.5, 0.6) is 0 Å². The molecule has 1 aromatic carbocycles. The number of aliphatic hydroxyl groups excluding tert-OH is 1. The molecule has 0 saturated heterocycles. The second-order valence-electron chi connectivity index (χ2n) is 6.85. The molecule has 0 heterocycles. The highest BCUT2D eigenvalue weighted by molar-refractivity contribution is 7.62. The van der Waals surface area contributed by atoms with E-state index in [-0.39, 0.29) is 5.92 Å². The minimum atomic E-state index is -3.32. The summed E-state index contributed by atoms with van der Waals surface area (Å²) in [7, 11) is -5.29. The monoisotopic (exact) mass is 370 g/mol. The lowest BCUT2D eigenvalue weighted by Gasteiger charge is -2.30. The Balaban J connectivity index is 3.24. The highest BCUT2D eigenvalue weighted by Crippen LogP contribution is 2.59. The fourth-order valence-corrected chi connectivity index (χ4v) is 8.45. The highest BCUT2D eigenvalue weighted by atomic mass is 31.2. The van der Waals surface area contributed by atoms with E-state index in [1.807, 2.05) is 57.2 Å². The summed E-state index contributed by atoms with van der Waals surface area (Å²) in [5, 5.41) is 10.6. The molecule has 24 heavy (non-hydrogen) atoms. The lowest BCUT2D eigenvalue weighted by molar-refractivity contribution is 0.139. The fraction of sp³-hybridized carbons (Fsp3) is 0.556. The maximum Gasteiger partial charge on any atom is 0.353 e. The summed E-state index contributed by atoms with van der Waals surface area (Å²) in [5.41, 5.74) is 0.846. The van der Waals surface area contributed by atoms with Crippen LogP contribution < -0.4 is 0 Å². The highest BCUT2D eigenvalue weighted by Gasteiger charge is 2.39. The fourth-order valence-electron chi connectivity index (χ4n) is 2.56. The number of aliphatic hydroxyl groups is 1. The normalized spacial score (nSPS) is 16.0. The second kappa shape index (κ2) is 9.11. The van der Waals surface area contributed by atoms with Gasteiger partial charge in [-0.25, -0.2) is 0 Å². The molecule has 1 rings (SSSR count). The van der Waals surface area contributed by atoms with Crippen molar-refractivity contribution in [2.75, 3.05) is 13.2 Å². The van der Waals surface area contributed by atoms with Crippen LogP contribution in [0.1, 0.15) is 32.4 Å². The zero-order valence-electron chi connectivity index (χ0n) is 15.7. The summed E-state index contributed by atoms with van der Waals surface area (Å²) in [6.07, 6.45) is 1.25. The molecular formula is C18H31O4PSi. The Bertz CT molecular complexity index is 570. The van der Waals surface area contributed by atoms with Crippen molar-refractivity contribution in [2.24, 2.45) is 5.92 Å². The van der Waals surface area contributed by atoms with Gasteiger partial charge in [0.15, 0.2) is 0 Å². The van der Waals surface area contributed by atoms with Crippen LogP contribution in [0.25, 0.3) is 0 Å². The Morgan fingerprint density at radius 2 is 1.67 bits per heavy atom. The molecular weight excluding hydrogens is 339 g/mol. The molecule has 0 aromatic heterocycles. The topological polar surface area (TPSA) is 55.8 Å². The summed E-state index contributed by atoms with van der Waals surface area (Å²) in [6, 6.07) is 9.52. The van der Waals surface area contributed by atoms with Crippen molar-refractivity contribution >= 4 is 15.7 Å². The van der Waals surface area contributed by atoms with E-state index < -0.39 is 21.8 Å². The summed E-state index contributed by atoms with van der Waals surface area (Å²) < 4.78 is 24.4. The molecule has 0 spiro atoms. The lowest BCUT2D eigenvalue weighted by atomic mass is 9.98. The minimum Gasteiger partial charge on any atom is -0.388 e. The molecule has 2 atom stereocenters. The predicted molar refractivity (Wildman–Crippen MR) is 103 cm³/mol. The Morgan fingerprint density at radius 3 is 2.08 bits per heavy atom. The SMILES string of the molecule is CCOP(=O)(OCC)/C(=C\[C@@H](C)[C@@H](O)c1ccccc1)[Si](C)(C)C. The largest absolute Gasteiger partial charge is 0.388 e. The van der Waals surface area contributed by atoms with Crippen LogP contribution in [-0.4, -0.2) is 26.4 Å². The Hall–Kier alpha value is -0.713. The van der Waals surface area contributed by atoms with Gasteiger partial charge in [-0.1, -0.05) is 63.0 Å². The maximum atomic E-state index is 13.3. The Labute approximate surface area is 147 Å². The van der Waals surface area contributed by atoms with E-state index >= 15 is 0 Å². The third-order valence-corrected chi connectivity index (χ3v) is 10.2. The molecule has 0 radical (unpaired) electrons. The zero-order valence-corrected chi connectivity index (χ0v) is 17.5. The molecule has 0 saturated carbocycles. The first-order chi connectivity index (χ1) is 11.2. The van der Waals surface area contributed by atoms with E-state index in [4.69, 9.17) is 9.05 Å². The van der Waals surface area contributed by atoms with E-state index in [2.05, 4.69) is 19.6 Å². The molecule has 4 nitrogen and oxygen atoms in total. The van der Waals surface area contributed by atoms with Gasteiger partial charge in [-0.3, -0.25) is 4.57 Å². The van der Waals surface area contributed by atoms with Crippen molar-refractivity contribution in [1.29, 1.82) is 0 Å². The van der Waals surface area contributed by atoms with Crippen molar-refractivity contribution in [3.63, 3.8) is 0 Å². The third kappa shape index (κ3) is 5.68. The molecule has 0 aliphatic rings. The van der Waals surface area contributed by atoms with Crippen LogP contribution in [0.15, 0.2) is 41.3 Å². The average Bonchev–Trinajstić information content (AvgIpc) is 2.51. The van der Waals surface area contributed by atoms with Crippen molar-refractivity contribution < 1.29 is 18.7 Å². The van der Waals surface area contributed by atoms with E-state index in [1.165, 1.54) is 0 Å². The maximum absolute atomic E-state index is 13.3. The summed E-state index contributed by atoms with van der Waals surface area (Å²) in [4.78, 5) is 0.751. The van der Waals surface area contributed by atoms with Gasteiger partial charge in [0.1, 0.15) is 0 Å². The summed E-state index contributed by atoms with van der Waals surface area (Å²) in [5.74, 6) is -0.191. The summed E-state index contributed by atoms with van der Waals surface area (Å²) in [6.45, 7) is 12.6. The van der Waals surface area contributed by atoms with Crippen LogP contribution in [0.2, 0.25) is 19.6 Å². The van der Waals surface area contributed by atoms with Crippen LogP contribution in [0.4, 0.5) is 0 Å². The van der Waals surface area contributed by atoms with Gasteiger partial charge < -0.3 is 14.2 Å². The van der Waals surface area contributed by atoms with Crippen LogP contribution in [0.3, 0.4) is 0 Å². The second-order valence-corrected chi connectivity index (χ2v) is 14.3. The average molecular weight is 371 g/mol. The van der Waals surface area contributed by atoms with Crippen molar-refractivity contribution in [2.45, 2.75) is 46.5 Å². The first-order valence-electron chi connectivity index (χ1n) is 8.50. The Kier molecular flexibility index (Phi) is 8.10. The molecule has 0 bridgehead atoms. The van der Waals surface area contributed by atoms with Crippen molar-refractivity contribution in [3.05, 3.63) is 46.9 Å². The van der Waals surface area contributed by atoms with Gasteiger partial charge in [0, 0.05) is 10.9 Å².